The molecule has 1 aromatic carbocycles. The fraction of sp³-hybridized carbons (Fsp3) is 0.100. The standard InChI is InChI=1S/C10H6BrNS2/c1-13-8-4-6-2-3-14-10(6)7(5-12)9(8)11/h2-4H,1H3. The van der Waals surface area contributed by atoms with Gasteiger partial charge in [0, 0.05) is 4.90 Å². The average Bonchev–Trinajstić information content (AvgIpc) is 2.64. The van der Waals surface area contributed by atoms with Gasteiger partial charge in [0.2, 0.25) is 0 Å². The van der Waals surface area contributed by atoms with Crippen LogP contribution in [0.15, 0.2) is 26.9 Å². The number of nitriles is 1. The minimum absolute atomic E-state index is 0.752. The summed E-state index contributed by atoms with van der Waals surface area (Å²) < 4.78 is 1.99. The molecule has 0 bridgehead atoms. The number of hydrogen-bond acceptors (Lipinski definition) is 3. The maximum Gasteiger partial charge on any atom is 0.102 e. The van der Waals surface area contributed by atoms with Crippen molar-refractivity contribution in [1.82, 2.24) is 0 Å². The monoisotopic (exact) mass is 283 g/mol. The summed E-state index contributed by atoms with van der Waals surface area (Å²) in [4.78, 5) is 1.12. The van der Waals surface area contributed by atoms with Crippen LogP contribution in [-0.2, 0) is 0 Å². The molecule has 0 saturated carbocycles. The lowest BCUT2D eigenvalue weighted by Crippen LogP contribution is -1.81. The molecule has 0 aliphatic rings. The Morgan fingerprint density at radius 2 is 2.36 bits per heavy atom. The van der Waals surface area contributed by atoms with Gasteiger partial charge in [-0.3, -0.25) is 0 Å². The quantitative estimate of drug-likeness (QED) is 0.731. The highest BCUT2D eigenvalue weighted by molar-refractivity contribution is 9.10. The van der Waals surface area contributed by atoms with E-state index in [9.17, 15) is 0 Å². The van der Waals surface area contributed by atoms with E-state index in [0.717, 1.165) is 25.0 Å². The fourth-order valence-corrected chi connectivity index (χ4v) is 3.74. The fourth-order valence-electron chi connectivity index (χ4n) is 1.31. The number of thiophene rings is 1. The van der Waals surface area contributed by atoms with Crippen LogP contribution in [0.1, 0.15) is 5.56 Å². The van der Waals surface area contributed by atoms with Crippen molar-refractivity contribution < 1.29 is 0 Å². The van der Waals surface area contributed by atoms with E-state index in [1.54, 1.807) is 23.1 Å². The molecule has 4 heteroatoms. The van der Waals surface area contributed by atoms with E-state index in [1.165, 1.54) is 0 Å². The van der Waals surface area contributed by atoms with Crippen molar-refractivity contribution in [2.45, 2.75) is 4.90 Å². The van der Waals surface area contributed by atoms with Crippen molar-refractivity contribution in [3.8, 4) is 6.07 Å². The number of halogens is 1. The van der Waals surface area contributed by atoms with E-state index in [1.807, 2.05) is 17.7 Å². The van der Waals surface area contributed by atoms with Crippen LogP contribution in [0.2, 0.25) is 0 Å². The van der Waals surface area contributed by atoms with Crippen molar-refractivity contribution in [2.75, 3.05) is 6.26 Å². The van der Waals surface area contributed by atoms with Crippen LogP contribution >= 0.6 is 39.0 Å². The minimum Gasteiger partial charge on any atom is -0.192 e. The molecule has 0 saturated heterocycles. The van der Waals surface area contributed by atoms with Crippen LogP contribution in [0.3, 0.4) is 0 Å². The third-order valence-electron chi connectivity index (χ3n) is 1.98. The summed E-state index contributed by atoms with van der Waals surface area (Å²) in [5.74, 6) is 0. The number of benzene rings is 1. The second-order valence-electron chi connectivity index (χ2n) is 2.72. The second-order valence-corrected chi connectivity index (χ2v) is 5.28. The van der Waals surface area contributed by atoms with E-state index in [0.29, 0.717) is 0 Å². The Morgan fingerprint density at radius 3 is 3.00 bits per heavy atom. The lowest BCUT2D eigenvalue weighted by Gasteiger charge is -2.03. The summed E-state index contributed by atoms with van der Waals surface area (Å²) in [7, 11) is 0. The molecule has 2 rings (SSSR count). The first-order valence-corrected chi connectivity index (χ1v) is 6.81. The predicted octanol–water partition coefficient (Wildman–Crippen LogP) is 4.26. The van der Waals surface area contributed by atoms with Crippen molar-refractivity contribution in [3.05, 3.63) is 27.5 Å². The molecule has 2 aromatic rings. The van der Waals surface area contributed by atoms with Gasteiger partial charge in [-0.15, -0.1) is 23.1 Å². The van der Waals surface area contributed by atoms with E-state index in [-0.39, 0.29) is 0 Å². The molecule has 70 valence electrons. The first kappa shape index (κ1) is 10.0. The van der Waals surface area contributed by atoms with Crippen molar-refractivity contribution in [3.63, 3.8) is 0 Å². The lowest BCUT2D eigenvalue weighted by atomic mass is 10.2. The van der Waals surface area contributed by atoms with Crippen LogP contribution < -0.4 is 0 Å². The lowest BCUT2D eigenvalue weighted by molar-refractivity contribution is 1.41. The van der Waals surface area contributed by atoms with Gasteiger partial charge in [-0.1, -0.05) is 0 Å². The van der Waals surface area contributed by atoms with Crippen molar-refractivity contribution >= 4 is 49.1 Å². The van der Waals surface area contributed by atoms with E-state index in [4.69, 9.17) is 5.26 Å². The third kappa shape index (κ3) is 1.46. The smallest absolute Gasteiger partial charge is 0.102 e. The summed E-state index contributed by atoms with van der Waals surface area (Å²) in [6.07, 6.45) is 2.01. The van der Waals surface area contributed by atoms with Gasteiger partial charge in [-0.05, 0) is 45.1 Å². The van der Waals surface area contributed by atoms with Gasteiger partial charge < -0.3 is 0 Å². The van der Waals surface area contributed by atoms with Crippen LogP contribution in [0.25, 0.3) is 10.1 Å². The Hall–Kier alpha value is -0.500. The Morgan fingerprint density at radius 1 is 1.57 bits per heavy atom. The number of fused-ring (bicyclic) bond motifs is 1. The first-order valence-electron chi connectivity index (χ1n) is 3.91. The Labute approximate surface area is 98.9 Å². The summed E-state index contributed by atoms with van der Waals surface area (Å²) >= 11 is 6.73. The summed E-state index contributed by atoms with van der Waals surface area (Å²) in [5.41, 5.74) is 0.752. The molecule has 0 radical (unpaired) electrons. The van der Waals surface area contributed by atoms with Crippen LogP contribution in [-0.4, -0.2) is 6.26 Å². The van der Waals surface area contributed by atoms with Gasteiger partial charge in [-0.2, -0.15) is 5.26 Å². The van der Waals surface area contributed by atoms with Crippen LogP contribution in [0.5, 0.6) is 0 Å². The minimum atomic E-state index is 0.752. The Balaban J connectivity index is 2.89. The first-order chi connectivity index (χ1) is 6.77. The normalized spacial score (nSPS) is 10.4. The highest BCUT2D eigenvalue weighted by Gasteiger charge is 2.11. The molecule has 0 N–H and O–H groups in total. The molecule has 1 nitrogen and oxygen atoms in total. The average molecular weight is 284 g/mol. The number of hydrogen-bond donors (Lipinski definition) is 0. The Bertz CT molecular complexity index is 525. The molecule has 0 aliphatic carbocycles. The number of rotatable bonds is 1. The Kier molecular flexibility index (Phi) is 2.82. The van der Waals surface area contributed by atoms with Crippen LogP contribution in [0.4, 0.5) is 0 Å². The maximum absolute atomic E-state index is 9.07. The molecule has 0 fully saturated rings. The zero-order valence-corrected chi connectivity index (χ0v) is 10.6. The summed E-state index contributed by atoms with van der Waals surface area (Å²) in [6, 6.07) is 6.41. The van der Waals surface area contributed by atoms with Gasteiger partial charge in [0.15, 0.2) is 0 Å². The molecule has 1 heterocycles. The van der Waals surface area contributed by atoms with Crippen molar-refractivity contribution in [2.24, 2.45) is 0 Å². The molecule has 0 aliphatic heterocycles. The molecule has 0 atom stereocenters. The molecular formula is C10H6BrNS2. The molecule has 1 aromatic heterocycles. The van der Waals surface area contributed by atoms with Crippen LogP contribution in [0, 0.1) is 11.3 Å². The van der Waals surface area contributed by atoms with E-state index < -0.39 is 0 Å². The maximum atomic E-state index is 9.07. The van der Waals surface area contributed by atoms with E-state index in [2.05, 4.69) is 28.1 Å². The van der Waals surface area contributed by atoms with Crippen molar-refractivity contribution in [1.29, 1.82) is 5.26 Å². The zero-order valence-electron chi connectivity index (χ0n) is 7.37. The summed E-state index contributed by atoms with van der Waals surface area (Å²) in [6.45, 7) is 0. The van der Waals surface area contributed by atoms with Gasteiger partial charge in [0.25, 0.3) is 0 Å². The second kappa shape index (κ2) is 3.93. The molecular weight excluding hydrogens is 278 g/mol. The SMILES string of the molecule is CSc1cc2ccsc2c(C#N)c1Br. The third-order valence-corrected chi connectivity index (χ3v) is 4.77. The largest absolute Gasteiger partial charge is 0.192 e. The van der Waals surface area contributed by atoms with E-state index >= 15 is 0 Å². The number of nitrogens with zero attached hydrogens (tertiary/aromatic N) is 1. The van der Waals surface area contributed by atoms with Gasteiger partial charge in [-0.25, -0.2) is 0 Å². The highest BCUT2D eigenvalue weighted by Crippen LogP contribution is 2.36. The number of thioether (sulfide) groups is 1. The summed E-state index contributed by atoms with van der Waals surface area (Å²) in [5, 5.41) is 12.2. The van der Waals surface area contributed by atoms with Gasteiger partial charge in [0.1, 0.15) is 6.07 Å². The molecule has 0 unspecified atom stereocenters. The topological polar surface area (TPSA) is 23.8 Å². The highest BCUT2D eigenvalue weighted by atomic mass is 79.9. The molecule has 14 heavy (non-hydrogen) atoms. The molecule has 0 spiro atoms. The molecule has 0 amide bonds. The predicted molar refractivity (Wildman–Crippen MR) is 66.0 cm³/mol. The zero-order chi connectivity index (χ0) is 10.1. The van der Waals surface area contributed by atoms with Gasteiger partial charge in [0.05, 0.1) is 14.7 Å². The van der Waals surface area contributed by atoms with Gasteiger partial charge >= 0.3 is 0 Å².